The number of carbonyl (C=O) groups excluding carboxylic acids is 7. The van der Waals surface area contributed by atoms with E-state index in [2.05, 4.69) is 36.9 Å². The molecule has 0 radical (unpaired) electrons. The minimum Gasteiger partial charge on any atom is -0.379 e. The quantitative estimate of drug-likeness (QED) is 0.0231. The van der Waals surface area contributed by atoms with Gasteiger partial charge in [0.1, 0.15) is 24.2 Å². The number of aliphatic imine (C=N–C) groups is 1. The molecule has 0 saturated heterocycles. The van der Waals surface area contributed by atoms with Gasteiger partial charge in [0.25, 0.3) is 0 Å². The van der Waals surface area contributed by atoms with Crippen LogP contribution in [-0.2, 0) is 38.3 Å². The number of guanidine groups is 1. The summed E-state index contributed by atoms with van der Waals surface area (Å²) in [6.45, 7) is 11.0. The number of carbonyl (C=O) groups is 7. The first-order valence-electron chi connectivity index (χ1n) is 19.3. The molecule has 0 fully saturated rings. The number of hydrogen-bond donors (Lipinski definition) is 10. The van der Waals surface area contributed by atoms with Crippen LogP contribution in [0.1, 0.15) is 112 Å². The van der Waals surface area contributed by atoms with Gasteiger partial charge in [-0.05, 0) is 44.9 Å². The number of rotatable bonds is 30. The molecule has 55 heavy (non-hydrogen) atoms. The van der Waals surface area contributed by atoms with E-state index in [9.17, 15) is 33.6 Å². The second-order valence-corrected chi connectivity index (χ2v) is 13.9. The van der Waals surface area contributed by atoms with Crippen LogP contribution in [0.2, 0.25) is 0 Å². The summed E-state index contributed by atoms with van der Waals surface area (Å²) in [5.41, 5.74) is 21.6. The zero-order chi connectivity index (χ0) is 42.1. The number of primary amides is 2. The molecule has 0 bridgehead atoms. The van der Waals surface area contributed by atoms with E-state index in [4.69, 9.17) is 27.7 Å². The first kappa shape index (κ1) is 50.5. The zero-order valence-electron chi connectivity index (χ0n) is 33.8. The lowest BCUT2D eigenvalue weighted by molar-refractivity contribution is -0.135. The maximum atomic E-state index is 13.8. The van der Waals surface area contributed by atoms with E-state index in [-0.39, 0.29) is 44.2 Å². The zero-order valence-corrected chi connectivity index (χ0v) is 33.8. The van der Waals surface area contributed by atoms with E-state index in [0.717, 1.165) is 19.3 Å². The van der Waals surface area contributed by atoms with Crippen LogP contribution in [0.4, 0.5) is 0 Å². The standard InChI is InChI=1S/C36H69N11O8/c1-8-11-14-24(44-34(53)29(21(4)10-3)47-35(54)30(22(5)55-7)43-23(6)48)20-42-26(15-12-9-2)32(51)46-27(17-18-28(37)49)33(52)45-25(31(38)50)16-13-19-41-36(39)40/h21-22,24-27,29-30,42H,8-20H2,1-7H3,(H2,37,49)(H2,38,50)(H,43,48)(H,44,53)(H,45,52)(H,46,51)(H,47,54)(H4,39,40,41)/t21-,22+,24-,25-,26-,27-,29-,30-/m0/s1. The fraction of sp³-hybridized carbons (Fsp3) is 0.778. The van der Waals surface area contributed by atoms with Gasteiger partial charge in [0.05, 0.1) is 12.1 Å². The molecule has 0 spiro atoms. The van der Waals surface area contributed by atoms with E-state index >= 15 is 0 Å². The second kappa shape index (κ2) is 28.0. The van der Waals surface area contributed by atoms with Gasteiger partial charge in [-0.1, -0.05) is 59.8 Å². The smallest absolute Gasteiger partial charge is 0.245 e. The summed E-state index contributed by atoms with van der Waals surface area (Å²) in [6.07, 6.45) is 4.01. The number of ether oxygens (including phenoxy) is 1. The monoisotopic (exact) mass is 784 g/mol. The van der Waals surface area contributed by atoms with Crippen LogP contribution < -0.4 is 54.8 Å². The normalized spacial score (nSPS) is 15.4. The van der Waals surface area contributed by atoms with Crippen molar-refractivity contribution in [2.75, 3.05) is 20.2 Å². The molecule has 0 saturated carbocycles. The highest BCUT2D eigenvalue weighted by molar-refractivity contribution is 5.94. The summed E-state index contributed by atoms with van der Waals surface area (Å²) >= 11 is 0. The Morgan fingerprint density at radius 2 is 1.22 bits per heavy atom. The summed E-state index contributed by atoms with van der Waals surface area (Å²) in [4.78, 5) is 93.7. The molecular formula is C36H69N11O8. The number of nitrogens with two attached hydrogens (primary N) is 4. The molecule has 8 atom stereocenters. The number of hydrogen-bond acceptors (Lipinski definition) is 10. The predicted molar refractivity (Wildman–Crippen MR) is 210 cm³/mol. The van der Waals surface area contributed by atoms with Gasteiger partial charge in [0, 0.05) is 39.6 Å². The summed E-state index contributed by atoms with van der Waals surface area (Å²) in [7, 11) is 1.42. The molecule has 0 aromatic carbocycles. The van der Waals surface area contributed by atoms with E-state index in [0.29, 0.717) is 32.1 Å². The SMILES string of the molecule is CCCC[C@@H](CN[C@@H](CCCC)C(=O)N[C@@H](CCC(N)=O)C(=O)N[C@@H](CCCN=C(N)N)C(N)=O)NC(=O)[C@@H](NC(=O)[C@@H](NC(C)=O)[C@@H](C)OC)[C@@H](C)CC. The summed E-state index contributed by atoms with van der Waals surface area (Å²) in [5.74, 6) is -4.52. The lowest BCUT2D eigenvalue weighted by Gasteiger charge is -2.30. The van der Waals surface area contributed by atoms with Gasteiger partial charge in [-0.15, -0.1) is 0 Å². The minimum absolute atomic E-state index is 0.121. The van der Waals surface area contributed by atoms with Crippen molar-refractivity contribution in [2.24, 2.45) is 33.8 Å². The average Bonchev–Trinajstić information content (AvgIpc) is 3.12. The Kier molecular flexibility index (Phi) is 25.7. The Bertz CT molecular complexity index is 1260. The molecule has 316 valence electrons. The summed E-state index contributed by atoms with van der Waals surface area (Å²) in [5, 5.41) is 17.0. The van der Waals surface area contributed by atoms with Crippen LogP contribution in [0.5, 0.6) is 0 Å². The average molecular weight is 784 g/mol. The van der Waals surface area contributed by atoms with Gasteiger partial charge in [0.2, 0.25) is 41.4 Å². The Hall–Kier alpha value is -4.52. The highest BCUT2D eigenvalue weighted by Crippen LogP contribution is 2.12. The van der Waals surface area contributed by atoms with E-state index in [1.807, 2.05) is 27.7 Å². The Balaban J connectivity index is 6.11. The van der Waals surface area contributed by atoms with Gasteiger partial charge in [0.15, 0.2) is 5.96 Å². The largest absolute Gasteiger partial charge is 0.379 e. The third-order valence-corrected chi connectivity index (χ3v) is 9.22. The number of amides is 7. The van der Waals surface area contributed by atoms with Crippen molar-refractivity contribution in [3.63, 3.8) is 0 Å². The van der Waals surface area contributed by atoms with Crippen molar-refractivity contribution in [1.82, 2.24) is 31.9 Å². The topological polar surface area (TPSA) is 317 Å². The number of nitrogens with one attached hydrogen (secondary N) is 6. The van der Waals surface area contributed by atoms with E-state index in [1.54, 1.807) is 6.92 Å². The number of methoxy groups -OCH3 is 1. The maximum absolute atomic E-state index is 13.8. The predicted octanol–water partition coefficient (Wildman–Crippen LogP) is -1.35. The highest BCUT2D eigenvalue weighted by atomic mass is 16.5. The van der Waals surface area contributed by atoms with Crippen LogP contribution >= 0.6 is 0 Å². The number of nitrogens with zero attached hydrogens (tertiary/aromatic N) is 1. The highest BCUT2D eigenvalue weighted by Gasteiger charge is 2.34. The van der Waals surface area contributed by atoms with Crippen LogP contribution in [-0.4, -0.2) is 110 Å². The van der Waals surface area contributed by atoms with Crippen LogP contribution in [0.25, 0.3) is 0 Å². The maximum Gasteiger partial charge on any atom is 0.245 e. The molecule has 0 aliphatic carbocycles. The molecule has 0 unspecified atom stereocenters. The van der Waals surface area contributed by atoms with Crippen LogP contribution in [0.3, 0.4) is 0 Å². The number of unbranched alkanes of at least 4 members (excludes halogenated alkanes) is 2. The first-order valence-corrected chi connectivity index (χ1v) is 19.3. The molecule has 0 heterocycles. The fourth-order valence-electron chi connectivity index (χ4n) is 5.57. The van der Waals surface area contributed by atoms with Crippen molar-refractivity contribution in [3.05, 3.63) is 0 Å². The van der Waals surface area contributed by atoms with Crippen molar-refractivity contribution >= 4 is 47.3 Å². The fourth-order valence-corrected chi connectivity index (χ4v) is 5.57. The molecule has 0 aromatic heterocycles. The molecule has 19 heteroatoms. The third kappa shape index (κ3) is 21.2. The van der Waals surface area contributed by atoms with Crippen LogP contribution in [0, 0.1) is 5.92 Å². The minimum atomic E-state index is -1.22. The second-order valence-electron chi connectivity index (χ2n) is 13.9. The molecule has 0 rings (SSSR count). The molecule has 0 aromatic rings. The third-order valence-electron chi connectivity index (χ3n) is 9.22. The van der Waals surface area contributed by atoms with Gasteiger partial charge in [-0.2, -0.15) is 0 Å². The molecular weight excluding hydrogens is 714 g/mol. The molecule has 0 aliphatic heterocycles. The first-order chi connectivity index (χ1) is 25.9. The Labute approximate surface area is 325 Å². The van der Waals surface area contributed by atoms with Crippen LogP contribution in [0.15, 0.2) is 4.99 Å². The van der Waals surface area contributed by atoms with Gasteiger partial charge >= 0.3 is 0 Å². The van der Waals surface area contributed by atoms with Crippen molar-refractivity contribution < 1.29 is 38.3 Å². The molecule has 14 N–H and O–H groups in total. The Morgan fingerprint density at radius 1 is 0.655 bits per heavy atom. The Morgan fingerprint density at radius 3 is 1.75 bits per heavy atom. The lowest BCUT2D eigenvalue weighted by atomic mass is 9.96. The summed E-state index contributed by atoms with van der Waals surface area (Å²) in [6, 6.07) is -5.50. The molecule has 19 nitrogen and oxygen atoms in total. The van der Waals surface area contributed by atoms with Gasteiger partial charge in [-0.25, -0.2) is 0 Å². The van der Waals surface area contributed by atoms with E-state index < -0.39 is 83.7 Å². The lowest BCUT2D eigenvalue weighted by Crippen LogP contribution is -2.60. The van der Waals surface area contributed by atoms with E-state index in [1.165, 1.54) is 14.0 Å². The van der Waals surface area contributed by atoms with Gasteiger partial charge in [-0.3, -0.25) is 38.6 Å². The molecule has 7 amide bonds. The van der Waals surface area contributed by atoms with Crippen molar-refractivity contribution in [2.45, 2.75) is 155 Å². The van der Waals surface area contributed by atoms with Crippen molar-refractivity contribution in [1.29, 1.82) is 0 Å². The summed E-state index contributed by atoms with van der Waals surface area (Å²) < 4.78 is 5.30. The molecule has 0 aliphatic rings. The van der Waals surface area contributed by atoms with Crippen molar-refractivity contribution in [3.8, 4) is 0 Å². The van der Waals surface area contributed by atoms with Gasteiger partial charge < -0.3 is 59.6 Å².